The molecule has 0 aliphatic carbocycles. The van der Waals surface area contributed by atoms with E-state index in [1.54, 1.807) is 7.11 Å². The second-order valence-electron chi connectivity index (χ2n) is 7.96. The molecule has 0 radical (unpaired) electrons. The summed E-state index contributed by atoms with van der Waals surface area (Å²) in [6.45, 7) is 5.23. The molecule has 0 saturated carbocycles. The normalized spacial score (nSPS) is 16.4. The molecule has 0 spiro atoms. The Morgan fingerprint density at radius 3 is 2.67 bits per heavy atom. The number of nitrogens with one attached hydrogen (secondary N) is 1. The Balaban J connectivity index is 1.54. The van der Waals surface area contributed by atoms with Crippen molar-refractivity contribution in [2.24, 2.45) is 0 Å². The van der Waals surface area contributed by atoms with Crippen LogP contribution in [0.15, 0.2) is 36.4 Å². The van der Waals surface area contributed by atoms with E-state index >= 15 is 0 Å². The standard InChI is InChI=1S/C23H29N3O3S/c1-16-12-19(27-3)5-6-20(16)24-23(30)26(18-8-10-25(2)11-9-18)14-17-4-7-21-22(13-17)29-15-28-21/h4-7,12-13,18H,8-11,14-15H2,1-3H3,(H,24,30). The molecule has 0 aromatic heterocycles. The number of nitrogens with zero attached hydrogens (tertiary/aromatic N) is 2. The molecule has 2 aromatic carbocycles. The highest BCUT2D eigenvalue weighted by atomic mass is 32.1. The van der Waals surface area contributed by atoms with Crippen LogP contribution in [0.25, 0.3) is 0 Å². The van der Waals surface area contributed by atoms with Crippen molar-refractivity contribution in [3.05, 3.63) is 47.5 Å². The second kappa shape index (κ2) is 9.10. The highest BCUT2D eigenvalue weighted by molar-refractivity contribution is 7.80. The fraction of sp³-hybridized carbons (Fsp3) is 0.435. The van der Waals surface area contributed by atoms with Crippen LogP contribution in [0.5, 0.6) is 17.2 Å². The molecule has 2 aliphatic rings. The first kappa shape index (κ1) is 20.8. The van der Waals surface area contributed by atoms with E-state index in [0.29, 0.717) is 6.04 Å². The third-order valence-electron chi connectivity index (χ3n) is 5.85. The number of thiocarbonyl (C=S) groups is 1. The van der Waals surface area contributed by atoms with E-state index in [-0.39, 0.29) is 6.79 Å². The quantitative estimate of drug-likeness (QED) is 0.723. The Bertz CT molecular complexity index is 913. The number of fused-ring (bicyclic) bond motifs is 1. The maximum Gasteiger partial charge on any atom is 0.231 e. The molecule has 0 bridgehead atoms. The molecule has 2 aliphatic heterocycles. The van der Waals surface area contributed by atoms with Gasteiger partial charge in [-0.2, -0.15) is 0 Å². The van der Waals surface area contributed by atoms with Crippen LogP contribution in [-0.2, 0) is 6.54 Å². The summed E-state index contributed by atoms with van der Waals surface area (Å²) in [4.78, 5) is 4.70. The largest absolute Gasteiger partial charge is 0.497 e. The van der Waals surface area contributed by atoms with E-state index in [4.69, 9.17) is 26.4 Å². The van der Waals surface area contributed by atoms with Crippen LogP contribution in [0, 0.1) is 6.92 Å². The third kappa shape index (κ3) is 4.63. The van der Waals surface area contributed by atoms with Crippen molar-refractivity contribution < 1.29 is 14.2 Å². The molecule has 160 valence electrons. The molecule has 0 unspecified atom stereocenters. The maximum atomic E-state index is 5.90. The van der Waals surface area contributed by atoms with Crippen molar-refractivity contribution in [2.75, 3.05) is 39.4 Å². The third-order valence-corrected chi connectivity index (χ3v) is 6.19. The summed E-state index contributed by atoms with van der Waals surface area (Å²) in [6.07, 6.45) is 2.18. The monoisotopic (exact) mass is 427 g/mol. The fourth-order valence-corrected chi connectivity index (χ4v) is 4.32. The van der Waals surface area contributed by atoms with Crippen LogP contribution in [0.2, 0.25) is 0 Å². The lowest BCUT2D eigenvalue weighted by Gasteiger charge is -2.39. The van der Waals surface area contributed by atoms with Gasteiger partial charge in [-0.1, -0.05) is 6.07 Å². The average Bonchev–Trinajstić information content (AvgIpc) is 3.22. The Morgan fingerprint density at radius 2 is 1.93 bits per heavy atom. The number of methoxy groups -OCH3 is 1. The summed E-state index contributed by atoms with van der Waals surface area (Å²) >= 11 is 5.90. The first-order valence-electron chi connectivity index (χ1n) is 10.3. The minimum atomic E-state index is 0.286. The number of rotatable bonds is 5. The Morgan fingerprint density at radius 1 is 1.17 bits per heavy atom. The molecule has 1 N–H and O–H groups in total. The number of anilines is 1. The summed E-state index contributed by atoms with van der Waals surface area (Å²) in [5, 5.41) is 4.22. The van der Waals surface area contributed by atoms with Crippen LogP contribution >= 0.6 is 12.2 Å². The minimum absolute atomic E-state index is 0.286. The van der Waals surface area contributed by atoms with Gasteiger partial charge in [-0.05, 0) is 93.6 Å². The van der Waals surface area contributed by atoms with E-state index in [9.17, 15) is 0 Å². The minimum Gasteiger partial charge on any atom is -0.497 e. The van der Waals surface area contributed by atoms with Crippen LogP contribution < -0.4 is 19.5 Å². The lowest BCUT2D eigenvalue weighted by atomic mass is 10.0. The maximum absolute atomic E-state index is 5.90. The van der Waals surface area contributed by atoms with Crippen LogP contribution in [0.1, 0.15) is 24.0 Å². The van der Waals surface area contributed by atoms with Gasteiger partial charge in [0.05, 0.1) is 7.11 Å². The van der Waals surface area contributed by atoms with Gasteiger partial charge in [-0.15, -0.1) is 0 Å². The molecule has 7 heteroatoms. The van der Waals surface area contributed by atoms with Gasteiger partial charge < -0.3 is 29.3 Å². The first-order valence-corrected chi connectivity index (χ1v) is 10.7. The number of piperidine rings is 1. The molecule has 4 rings (SSSR count). The van der Waals surface area contributed by atoms with Crippen molar-refractivity contribution in [2.45, 2.75) is 32.4 Å². The fourth-order valence-electron chi connectivity index (χ4n) is 4.00. The van der Waals surface area contributed by atoms with Gasteiger partial charge in [0.25, 0.3) is 0 Å². The highest BCUT2D eigenvalue weighted by Gasteiger charge is 2.26. The van der Waals surface area contributed by atoms with E-state index in [1.165, 1.54) is 0 Å². The number of benzene rings is 2. The average molecular weight is 428 g/mol. The predicted octanol–water partition coefficient (Wildman–Crippen LogP) is 4.03. The molecular weight excluding hydrogens is 398 g/mol. The molecule has 1 saturated heterocycles. The van der Waals surface area contributed by atoms with Gasteiger partial charge in [-0.3, -0.25) is 0 Å². The van der Waals surface area contributed by atoms with E-state index in [1.807, 2.05) is 24.3 Å². The number of ether oxygens (including phenoxy) is 3. The molecular formula is C23H29N3O3S. The van der Waals surface area contributed by atoms with E-state index < -0.39 is 0 Å². The Labute approximate surface area is 183 Å². The lowest BCUT2D eigenvalue weighted by molar-refractivity contribution is 0.172. The summed E-state index contributed by atoms with van der Waals surface area (Å²) in [6, 6.07) is 12.5. The summed E-state index contributed by atoms with van der Waals surface area (Å²) in [7, 11) is 3.86. The van der Waals surface area contributed by atoms with Crippen LogP contribution in [0.3, 0.4) is 0 Å². The van der Waals surface area contributed by atoms with Crippen molar-refractivity contribution in [1.29, 1.82) is 0 Å². The van der Waals surface area contributed by atoms with Gasteiger partial charge in [0, 0.05) is 18.3 Å². The van der Waals surface area contributed by atoms with Gasteiger partial charge in [0.1, 0.15) is 5.75 Å². The molecule has 2 heterocycles. The molecule has 6 nitrogen and oxygen atoms in total. The molecule has 2 aromatic rings. The van der Waals surface area contributed by atoms with E-state index in [2.05, 4.69) is 41.2 Å². The first-order chi connectivity index (χ1) is 14.5. The molecule has 0 amide bonds. The molecule has 1 fully saturated rings. The highest BCUT2D eigenvalue weighted by Crippen LogP contribution is 2.33. The van der Waals surface area contributed by atoms with E-state index in [0.717, 1.165) is 71.7 Å². The number of hydrogen-bond donors (Lipinski definition) is 1. The number of aryl methyl sites for hydroxylation is 1. The smallest absolute Gasteiger partial charge is 0.231 e. The van der Waals surface area contributed by atoms with Crippen molar-refractivity contribution in [3.8, 4) is 17.2 Å². The summed E-state index contributed by atoms with van der Waals surface area (Å²) in [5.74, 6) is 2.45. The zero-order valence-corrected chi connectivity index (χ0v) is 18.6. The van der Waals surface area contributed by atoms with Crippen LogP contribution in [-0.4, -0.2) is 55.0 Å². The zero-order valence-electron chi connectivity index (χ0n) is 17.8. The summed E-state index contributed by atoms with van der Waals surface area (Å²) < 4.78 is 16.3. The topological polar surface area (TPSA) is 46.2 Å². The Hall–Kier alpha value is -2.51. The van der Waals surface area contributed by atoms with Gasteiger partial charge >= 0.3 is 0 Å². The summed E-state index contributed by atoms with van der Waals surface area (Å²) in [5.41, 5.74) is 3.27. The van der Waals surface area contributed by atoms with Crippen molar-refractivity contribution in [1.82, 2.24) is 9.80 Å². The molecule has 0 atom stereocenters. The lowest BCUT2D eigenvalue weighted by Crippen LogP contribution is -2.47. The second-order valence-corrected chi connectivity index (χ2v) is 8.35. The molecule has 30 heavy (non-hydrogen) atoms. The predicted molar refractivity (Wildman–Crippen MR) is 123 cm³/mol. The van der Waals surface area contributed by atoms with Crippen LogP contribution in [0.4, 0.5) is 5.69 Å². The zero-order chi connectivity index (χ0) is 21.1. The van der Waals surface area contributed by atoms with Gasteiger partial charge in [-0.25, -0.2) is 0 Å². The Kier molecular flexibility index (Phi) is 6.29. The number of hydrogen-bond acceptors (Lipinski definition) is 5. The van der Waals surface area contributed by atoms with Gasteiger partial charge in [0.15, 0.2) is 16.6 Å². The van der Waals surface area contributed by atoms with Crippen molar-refractivity contribution in [3.63, 3.8) is 0 Å². The van der Waals surface area contributed by atoms with Crippen molar-refractivity contribution >= 4 is 23.0 Å². The van der Waals surface area contributed by atoms with Gasteiger partial charge in [0.2, 0.25) is 6.79 Å². The number of likely N-dealkylation sites (tertiary alicyclic amines) is 1. The SMILES string of the molecule is COc1ccc(NC(=S)N(Cc2ccc3c(c2)OCO3)C2CCN(C)CC2)c(C)c1.